The molecule has 2 aliphatic rings. The van der Waals surface area contributed by atoms with Crippen molar-refractivity contribution in [1.29, 1.82) is 0 Å². The Balaban J connectivity index is 1.14. The summed E-state index contributed by atoms with van der Waals surface area (Å²) in [6.07, 6.45) is 5.74. The van der Waals surface area contributed by atoms with E-state index in [0.29, 0.717) is 17.3 Å². The van der Waals surface area contributed by atoms with Crippen LogP contribution in [0.15, 0.2) is 54.7 Å². The first-order valence-corrected chi connectivity index (χ1v) is 15.7. The zero-order chi connectivity index (χ0) is 31.5. The van der Waals surface area contributed by atoms with Gasteiger partial charge in [0.25, 0.3) is 0 Å². The van der Waals surface area contributed by atoms with Gasteiger partial charge in [0.05, 0.1) is 12.3 Å². The summed E-state index contributed by atoms with van der Waals surface area (Å²) in [6.45, 7) is 21.0. The number of aromatic nitrogens is 2. The fraction of sp³-hybridized carbons (Fsp3) is 0.486. The Kier molecular flexibility index (Phi) is 9.08. The van der Waals surface area contributed by atoms with Gasteiger partial charge in [-0.3, -0.25) is 0 Å². The number of ether oxygens (including phenoxy) is 2. The van der Waals surface area contributed by atoms with Crippen molar-refractivity contribution in [3.63, 3.8) is 0 Å². The number of carbonyl (C=O) groups is 1. The fourth-order valence-electron chi connectivity index (χ4n) is 6.08. The van der Waals surface area contributed by atoms with E-state index in [9.17, 15) is 4.79 Å². The highest BCUT2D eigenvalue weighted by atomic mass is 35.5. The van der Waals surface area contributed by atoms with Crippen molar-refractivity contribution < 1.29 is 14.3 Å². The van der Waals surface area contributed by atoms with Crippen LogP contribution in [-0.2, 0) is 16.8 Å². The molecule has 5 rings (SSSR count). The number of piperidine rings is 2. The highest BCUT2D eigenvalue weighted by molar-refractivity contribution is 6.31. The zero-order valence-electron chi connectivity index (χ0n) is 26.4. The first-order chi connectivity index (χ1) is 20.9. The predicted octanol–water partition coefficient (Wildman–Crippen LogP) is 8.20. The summed E-state index contributed by atoms with van der Waals surface area (Å²) in [7, 11) is 0. The molecule has 2 saturated heterocycles. The Bertz CT molecular complexity index is 1510. The van der Waals surface area contributed by atoms with Gasteiger partial charge in [-0.2, -0.15) is 0 Å². The third kappa shape index (κ3) is 7.44. The lowest BCUT2D eigenvalue weighted by atomic mass is 9.71. The number of amides is 1. The molecule has 0 N–H and O–H groups in total. The van der Waals surface area contributed by atoms with E-state index >= 15 is 0 Å². The van der Waals surface area contributed by atoms with Gasteiger partial charge in [-0.1, -0.05) is 43.6 Å². The Morgan fingerprint density at radius 2 is 1.61 bits per heavy atom. The van der Waals surface area contributed by atoms with Crippen molar-refractivity contribution >= 4 is 29.3 Å². The number of benzene rings is 2. The van der Waals surface area contributed by atoms with Crippen LogP contribution in [0, 0.1) is 12.0 Å². The van der Waals surface area contributed by atoms with Crippen LogP contribution in [0.4, 0.5) is 16.4 Å². The third-order valence-corrected chi connectivity index (χ3v) is 9.20. The molecular formula is C35H42ClN5O3. The van der Waals surface area contributed by atoms with E-state index in [1.165, 1.54) is 0 Å². The molecule has 2 aliphatic heterocycles. The molecule has 232 valence electrons. The summed E-state index contributed by atoms with van der Waals surface area (Å²) >= 11 is 6.28. The number of halogens is 1. The van der Waals surface area contributed by atoms with Crippen LogP contribution in [-0.4, -0.2) is 52.7 Å². The lowest BCUT2D eigenvalue weighted by Gasteiger charge is -2.46. The molecule has 0 unspecified atom stereocenters. The van der Waals surface area contributed by atoms with Gasteiger partial charge >= 0.3 is 6.09 Å². The van der Waals surface area contributed by atoms with Crippen LogP contribution in [0.5, 0.6) is 5.75 Å². The molecule has 0 radical (unpaired) electrons. The van der Waals surface area contributed by atoms with E-state index in [0.717, 1.165) is 80.4 Å². The van der Waals surface area contributed by atoms with Crippen molar-refractivity contribution in [3.8, 4) is 5.75 Å². The summed E-state index contributed by atoms with van der Waals surface area (Å²) in [5.41, 5.74) is 2.93. The van der Waals surface area contributed by atoms with Crippen molar-refractivity contribution in [3.05, 3.63) is 88.0 Å². The van der Waals surface area contributed by atoms with E-state index in [1.807, 2.05) is 56.0 Å². The number of nitrogens with zero attached hydrogens (tertiary/aromatic N) is 5. The summed E-state index contributed by atoms with van der Waals surface area (Å²) in [5, 5.41) is 0.565. The topological polar surface area (TPSA) is 72.2 Å². The Labute approximate surface area is 266 Å². The predicted molar refractivity (Wildman–Crippen MR) is 174 cm³/mol. The third-order valence-electron chi connectivity index (χ3n) is 8.98. The van der Waals surface area contributed by atoms with Crippen molar-refractivity contribution in [2.75, 3.05) is 31.1 Å². The quantitative estimate of drug-likeness (QED) is 0.260. The molecule has 8 nitrogen and oxygen atoms in total. The van der Waals surface area contributed by atoms with Crippen molar-refractivity contribution in [2.24, 2.45) is 5.41 Å². The van der Waals surface area contributed by atoms with Crippen LogP contribution >= 0.6 is 11.6 Å². The lowest BCUT2D eigenvalue weighted by molar-refractivity contribution is 0.00662. The summed E-state index contributed by atoms with van der Waals surface area (Å²) < 4.78 is 11.7. The fourth-order valence-corrected chi connectivity index (χ4v) is 6.31. The maximum absolute atomic E-state index is 12.5. The van der Waals surface area contributed by atoms with Crippen LogP contribution < -0.4 is 9.64 Å². The van der Waals surface area contributed by atoms with Crippen molar-refractivity contribution in [1.82, 2.24) is 14.9 Å². The van der Waals surface area contributed by atoms with Gasteiger partial charge in [-0.05, 0) is 93.3 Å². The Hall–Kier alpha value is -3.83. The van der Waals surface area contributed by atoms with Crippen molar-refractivity contribution in [2.45, 2.75) is 77.9 Å². The molecule has 0 bridgehead atoms. The van der Waals surface area contributed by atoms with Gasteiger partial charge in [0.15, 0.2) is 5.69 Å². The van der Waals surface area contributed by atoms with E-state index in [-0.39, 0.29) is 16.9 Å². The molecule has 44 heavy (non-hydrogen) atoms. The smallest absolute Gasteiger partial charge is 0.410 e. The molecule has 2 fully saturated rings. The second-order valence-corrected chi connectivity index (χ2v) is 14.0. The number of hydrogen-bond acceptors (Lipinski definition) is 6. The van der Waals surface area contributed by atoms with Gasteiger partial charge in [-0.25, -0.2) is 19.6 Å². The zero-order valence-corrected chi connectivity index (χ0v) is 27.2. The summed E-state index contributed by atoms with van der Waals surface area (Å²) in [6, 6.07) is 15.5. The van der Waals surface area contributed by atoms with E-state index in [2.05, 4.69) is 40.7 Å². The molecule has 0 aliphatic carbocycles. The number of likely N-dealkylation sites (tertiary alicyclic amines) is 1. The summed E-state index contributed by atoms with van der Waals surface area (Å²) in [5.74, 6) is 1.50. The Morgan fingerprint density at radius 3 is 2.25 bits per heavy atom. The molecule has 3 aromatic rings. The Morgan fingerprint density at radius 1 is 0.955 bits per heavy atom. The first kappa shape index (κ1) is 31.6. The molecule has 1 aromatic heterocycles. The minimum Gasteiger partial charge on any atom is -0.487 e. The number of carbonyl (C=O) groups excluding carboxylic acids is 1. The van der Waals surface area contributed by atoms with Crippen LogP contribution in [0.1, 0.15) is 77.1 Å². The van der Waals surface area contributed by atoms with E-state index in [1.54, 1.807) is 12.3 Å². The minimum absolute atomic E-state index is 0.203. The standard InChI is InChI=1S/C35H42ClN5O3/c1-33(2,3)44-32(42)41-19-14-35(15-20-41)12-17-40(18-13-35)31-38-16-11-28(39-31)24-43-30-9-7-25(8-10-30)34(4,5)26-21-27(36)23-29(22-26)37-6/h7-11,16,21-23H,12-15,17-20,24H2,1-5H3. The molecule has 0 atom stereocenters. The normalized spacial score (nSPS) is 16.8. The van der Waals surface area contributed by atoms with Gasteiger partial charge in [0.1, 0.15) is 18.0 Å². The monoisotopic (exact) mass is 615 g/mol. The second kappa shape index (κ2) is 12.6. The molecular weight excluding hydrogens is 574 g/mol. The van der Waals surface area contributed by atoms with E-state index < -0.39 is 5.60 Å². The van der Waals surface area contributed by atoms with Gasteiger partial charge in [-0.15, -0.1) is 0 Å². The van der Waals surface area contributed by atoms with Crippen LogP contribution in [0.25, 0.3) is 4.85 Å². The molecule has 1 spiro atoms. The van der Waals surface area contributed by atoms with Gasteiger partial charge in [0, 0.05) is 42.8 Å². The average molecular weight is 616 g/mol. The SMILES string of the molecule is [C-]#[N+]c1cc(Cl)cc(C(C)(C)c2ccc(OCc3ccnc(N4CCC5(CCN(C(=O)OC(C)(C)C)CC5)CC4)n3)cc2)c1. The molecule has 2 aromatic carbocycles. The highest BCUT2D eigenvalue weighted by Gasteiger charge is 2.39. The maximum Gasteiger partial charge on any atom is 0.410 e. The summed E-state index contributed by atoms with van der Waals surface area (Å²) in [4.78, 5) is 29.6. The molecule has 1 amide bonds. The first-order valence-electron chi connectivity index (χ1n) is 15.3. The second-order valence-electron chi connectivity index (χ2n) is 13.6. The van der Waals surface area contributed by atoms with Gasteiger partial charge < -0.3 is 19.3 Å². The number of anilines is 1. The molecule has 0 saturated carbocycles. The average Bonchev–Trinajstić information content (AvgIpc) is 3.00. The highest BCUT2D eigenvalue weighted by Crippen LogP contribution is 2.42. The van der Waals surface area contributed by atoms with Crippen LogP contribution in [0.3, 0.4) is 0 Å². The molecule has 3 heterocycles. The number of rotatable bonds is 6. The van der Waals surface area contributed by atoms with Gasteiger partial charge in [0.2, 0.25) is 5.95 Å². The molecule has 9 heteroatoms. The lowest BCUT2D eigenvalue weighted by Crippen LogP contribution is -2.49. The van der Waals surface area contributed by atoms with E-state index in [4.69, 9.17) is 32.6 Å². The maximum atomic E-state index is 12.5. The minimum atomic E-state index is -0.470. The number of hydrogen-bond donors (Lipinski definition) is 0. The van der Waals surface area contributed by atoms with Crippen LogP contribution in [0.2, 0.25) is 5.02 Å². The largest absolute Gasteiger partial charge is 0.487 e.